The van der Waals surface area contributed by atoms with Crippen LogP contribution in [0.25, 0.3) is 0 Å². The summed E-state index contributed by atoms with van der Waals surface area (Å²) < 4.78 is 11.8. The number of rotatable bonds is 2. The van der Waals surface area contributed by atoms with Crippen molar-refractivity contribution in [3.8, 4) is 5.75 Å². The predicted octanol–water partition coefficient (Wildman–Crippen LogP) is 3.35. The molecule has 2 nitrogen and oxygen atoms in total. The summed E-state index contributed by atoms with van der Waals surface area (Å²) in [6.45, 7) is 1.74. The first kappa shape index (κ1) is 11.0. The van der Waals surface area contributed by atoms with Crippen LogP contribution in [-0.4, -0.2) is 20.3 Å². The van der Waals surface area contributed by atoms with Crippen LogP contribution in [0.4, 0.5) is 0 Å². The Morgan fingerprint density at radius 2 is 2.07 bits per heavy atom. The molecule has 2 rings (SSSR count). The molecule has 3 heteroatoms. The first-order chi connectivity index (χ1) is 7.31. The second kappa shape index (κ2) is 4.99. The largest absolute Gasteiger partial charge is 0.497 e. The maximum Gasteiger partial charge on any atom is 0.119 e. The van der Waals surface area contributed by atoms with Gasteiger partial charge in [-0.2, -0.15) is 0 Å². The fourth-order valence-corrected chi connectivity index (χ4v) is 2.54. The average Bonchev–Trinajstić information content (AvgIpc) is 2.31. The molecule has 0 radical (unpaired) electrons. The highest BCUT2D eigenvalue weighted by Crippen LogP contribution is 2.34. The molecular weight excluding hydrogens is 256 g/mol. The Labute approximate surface area is 98.7 Å². The Bertz CT molecular complexity index is 332. The summed E-state index contributed by atoms with van der Waals surface area (Å²) in [5.74, 6) is 1.53. The van der Waals surface area contributed by atoms with E-state index in [2.05, 4.69) is 28.1 Å². The van der Waals surface area contributed by atoms with Crippen LogP contribution in [0.2, 0.25) is 0 Å². The zero-order chi connectivity index (χ0) is 10.7. The van der Waals surface area contributed by atoms with Gasteiger partial charge in [-0.25, -0.2) is 0 Å². The standard InChI is InChI=1S/C12H15BrO2/c1-14-10-2-3-12(13)11(8-10)9-4-6-15-7-5-9/h2-3,8-9H,4-7H2,1H3. The lowest BCUT2D eigenvalue weighted by atomic mass is 9.92. The van der Waals surface area contributed by atoms with E-state index in [-0.39, 0.29) is 0 Å². The van der Waals surface area contributed by atoms with E-state index in [1.54, 1.807) is 7.11 Å². The van der Waals surface area contributed by atoms with Gasteiger partial charge < -0.3 is 9.47 Å². The molecule has 0 bridgehead atoms. The summed E-state index contributed by atoms with van der Waals surface area (Å²) in [5, 5.41) is 0. The van der Waals surface area contributed by atoms with Crippen molar-refractivity contribution < 1.29 is 9.47 Å². The molecule has 1 fully saturated rings. The van der Waals surface area contributed by atoms with Crippen molar-refractivity contribution in [3.63, 3.8) is 0 Å². The van der Waals surface area contributed by atoms with Crippen LogP contribution < -0.4 is 4.74 Å². The monoisotopic (exact) mass is 270 g/mol. The molecule has 1 aliphatic heterocycles. The molecule has 0 unspecified atom stereocenters. The van der Waals surface area contributed by atoms with Gasteiger partial charge in [-0.1, -0.05) is 15.9 Å². The van der Waals surface area contributed by atoms with Crippen molar-refractivity contribution in [3.05, 3.63) is 28.2 Å². The zero-order valence-corrected chi connectivity index (χ0v) is 10.4. The highest BCUT2D eigenvalue weighted by atomic mass is 79.9. The third-order valence-corrected chi connectivity index (χ3v) is 3.59. The molecule has 1 aromatic rings. The van der Waals surface area contributed by atoms with Crippen molar-refractivity contribution in [2.75, 3.05) is 20.3 Å². The number of hydrogen-bond donors (Lipinski definition) is 0. The Morgan fingerprint density at radius 3 is 2.73 bits per heavy atom. The summed E-state index contributed by atoms with van der Waals surface area (Å²) in [7, 11) is 1.71. The number of ether oxygens (including phenoxy) is 2. The van der Waals surface area contributed by atoms with Gasteiger partial charge in [0.25, 0.3) is 0 Å². The topological polar surface area (TPSA) is 18.5 Å². The molecule has 0 spiro atoms. The van der Waals surface area contributed by atoms with E-state index < -0.39 is 0 Å². The highest BCUT2D eigenvalue weighted by molar-refractivity contribution is 9.10. The van der Waals surface area contributed by atoms with Crippen LogP contribution in [0, 0.1) is 0 Å². The summed E-state index contributed by atoms with van der Waals surface area (Å²) in [5.41, 5.74) is 1.35. The van der Waals surface area contributed by atoms with Gasteiger partial charge in [0.15, 0.2) is 0 Å². The lowest BCUT2D eigenvalue weighted by Crippen LogP contribution is -2.14. The zero-order valence-electron chi connectivity index (χ0n) is 8.83. The van der Waals surface area contributed by atoms with Gasteiger partial charge in [-0.15, -0.1) is 0 Å². The Hall–Kier alpha value is -0.540. The van der Waals surface area contributed by atoms with Gasteiger partial charge in [0.2, 0.25) is 0 Å². The molecule has 0 aromatic heterocycles. The Morgan fingerprint density at radius 1 is 1.33 bits per heavy atom. The second-order valence-electron chi connectivity index (χ2n) is 3.77. The van der Waals surface area contributed by atoms with Gasteiger partial charge in [0.1, 0.15) is 5.75 Å². The van der Waals surface area contributed by atoms with Crippen molar-refractivity contribution in [2.24, 2.45) is 0 Å². The lowest BCUT2D eigenvalue weighted by Gasteiger charge is -2.23. The minimum absolute atomic E-state index is 0.600. The molecule has 15 heavy (non-hydrogen) atoms. The minimum atomic E-state index is 0.600. The number of benzene rings is 1. The number of halogens is 1. The first-order valence-electron chi connectivity index (χ1n) is 5.22. The van der Waals surface area contributed by atoms with Gasteiger partial charge in [0, 0.05) is 17.7 Å². The molecule has 1 aliphatic rings. The van der Waals surface area contributed by atoms with Gasteiger partial charge in [-0.05, 0) is 42.5 Å². The molecule has 1 aromatic carbocycles. The smallest absolute Gasteiger partial charge is 0.119 e. The van der Waals surface area contributed by atoms with Gasteiger partial charge in [-0.3, -0.25) is 0 Å². The number of hydrogen-bond acceptors (Lipinski definition) is 2. The van der Waals surface area contributed by atoms with E-state index in [1.165, 1.54) is 10.0 Å². The first-order valence-corrected chi connectivity index (χ1v) is 6.01. The quantitative estimate of drug-likeness (QED) is 0.821. The molecule has 0 saturated carbocycles. The molecule has 0 aliphatic carbocycles. The van der Waals surface area contributed by atoms with Crippen LogP contribution in [0.3, 0.4) is 0 Å². The molecular formula is C12H15BrO2. The maximum absolute atomic E-state index is 5.37. The lowest BCUT2D eigenvalue weighted by molar-refractivity contribution is 0.0851. The van der Waals surface area contributed by atoms with E-state index >= 15 is 0 Å². The van der Waals surface area contributed by atoms with Crippen LogP contribution in [0.1, 0.15) is 24.3 Å². The fourth-order valence-electron chi connectivity index (χ4n) is 1.97. The van der Waals surface area contributed by atoms with Crippen LogP contribution in [-0.2, 0) is 4.74 Å². The van der Waals surface area contributed by atoms with Crippen LogP contribution in [0.15, 0.2) is 22.7 Å². The molecule has 82 valence electrons. The van der Waals surface area contributed by atoms with Crippen LogP contribution in [0.5, 0.6) is 5.75 Å². The van der Waals surface area contributed by atoms with E-state index in [1.807, 2.05) is 6.07 Å². The van der Waals surface area contributed by atoms with Crippen LogP contribution >= 0.6 is 15.9 Å². The molecule has 1 saturated heterocycles. The summed E-state index contributed by atoms with van der Waals surface area (Å²) >= 11 is 3.60. The SMILES string of the molecule is COc1ccc(Br)c(C2CCOCC2)c1. The maximum atomic E-state index is 5.37. The second-order valence-corrected chi connectivity index (χ2v) is 4.63. The van der Waals surface area contributed by atoms with Gasteiger partial charge >= 0.3 is 0 Å². The third kappa shape index (κ3) is 2.52. The summed E-state index contributed by atoms with van der Waals surface area (Å²) in [6.07, 6.45) is 2.21. The Balaban J connectivity index is 2.24. The molecule has 0 amide bonds. The van der Waals surface area contributed by atoms with E-state index in [0.29, 0.717) is 5.92 Å². The average molecular weight is 271 g/mol. The Kier molecular flexibility index (Phi) is 3.65. The van der Waals surface area contributed by atoms with Crippen molar-refractivity contribution in [1.29, 1.82) is 0 Å². The molecule has 1 heterocycles. The highest BCUT2D eigenvalue weighted by Gasteiger charge is 2.18. The summed E-state index contributed by atoms with van der Waals surface area (Å²) in [6, 6.07) is 6.16. The normalized spacial score (nSPS) is 17.7. The fraction of sp³-hybridized carbons (Fsp3) is 0.500. The third-order valence-electron chi connectivity index (χ3n) is 2.86. The minimum Gasteiger partial charge on any atom is -0.497 e. The van der Waals surface area contributed by atoms with E-state index in [4.69, 9.17) is 9.47 Å². The van der Waals surface area contributed by atoms with Crippen molar-refractivity contribution in [2.45, 2.75) is 18.8 Å². The van der Waals surface area contributed by atoms with Gasteiger partial charge in [0.05, 0.1) is 7.11 Å². The van der Waals surface area contributed by atoms with E-state index in [9.17, 15) is 0 Å². The number of methoxy groups -OCH3 is 1. The molecule has 0 atom stereocenters. The molecule has 0 N–H and O–H groups in total. The summed E-state index contributed by atoms with van der Waals surface area (Å²) in [4.78, 5) is 0. The van der Waals surface area contributed by atoms with Crippen molar-refractivity contribution in [1.82, 2.24) is 0 Å². The van der Waals surface area contributed by atoms with E-state index in [0.717, 1.165) is 31.8 Å². The predicted molar refractivity (Wildman–Crippen MR) is 63.5 cm³/mol. The van der Waals surface area contributed by atoms with Crippen molar-refractivity contribution >= 4 is 15.9 Å².